The number of hydrogen-bond donors (Lipinski definition) is 1. The maximum Gasteiger partial charge on any atom is 0.130 e. The second-order valence-electron chi connectivity index (χ2n) is 4.70. The zero-order valence-electron chi connectivity index (χ0n) is 10.1. The van der Waals surface area contributed by atoms with Crippen LogP contribution < -0.4 is 5.73 Å². The van der Waals surface area contributed by atoms with Crippen molar-refractivity contribution in [2.75, 3.05) is 0 Å². The van der Waals surface area contributed by atoms with E-state index in [4.69, 9.17) is 5.73 Å². The van der Waals surface area contributed by atoms with Crippen molar-refractivity contribution in [2.45, 2.75) is 39.7 Å². The molecule has 1 rings (SSSR count). The highest BCUT2D eigenvalue weighted by Crippen LogP contribution is 2.26. The highest BCUT2D eigenvalue weighted by molar-refractivity contribution is 9.10. The molecule has 0 aliphatic carbocycles. The number of halogens is 2. The maximum absolute atomic E-state index is 13.9. The Balaban J connectivity index is 2.86. The van der Waals surface area contributed by atoms with Gasteiger partial charge in [-0.05, 0) is 43.4 Å². The molecule has 0 amide bonds. The zero-order chi connectivity index (χ0) is 12.3. The smallest absolute Gasteiger partial charge is 0.130 e. The van der Waals surface area contributed by atoms with Crippen molar-refractivity contribution in [1.82, 2.24) is 0 Å². The van der Waals surface area contributed by atoms with E-state index >= 15 is 0 Å². The van der Waals surface area contributed by atoms with E-state index in [0.717, 1.165) is 17.3 Å². The van der Waals surface area contributed by atoms with E-state index in [-0.39, 0.29) is 11.9 Å². The molecule has 0 saturated heterocycles. The summed E-state index contributed by atoms with van der Waals surface area (Å²) in [5.41, 5.74) is 7.28. The van der Waals surface area contributed by atoms with Crippen molar-refractivity contribution in [3.05, 3.63) is 33.5 Å². The van der Waals surface area contributed by atoms with E-state index in [0.29, 0.717) is 17.0 Å². The van der Waals surface area contributed by atoms with Crippen LogP contribution in [0.5, 0.6) is 0 Å². The Morgan fingerprint density at radius 1 is 1.31 bits per heavy atom. The second-order valence-corrected chi connectivity index (χ2v) is 5.62. The van der Waals surface area contributed by atoms with Crippen molar-refractivity contribution in [3.8, 4) is 0 Å². The SMILES string of the molecule is Cc1cc(Br)cc([C@H](N)CCC(C)C)c1F. The first-order valence-corrected chi connectivity index (χ1v) is 6.42. The fourth-order valence-electron chi connectivity index (χ4n) is 1.69. The minimum atomic E-state index is -0.210. The lowest BCUT2D eigenvalue weighted by Gasteiger charge is -2.16. The molecule has 0 radical (unpaired) electrons. The molecule has 3 heteroatoms. The number of aryl methyl sites for hydroxylation is 1. The Hall–Kier alpha value is -0.410. The molecule has 1 aromatic carbocycles. The predicted octanol–water partition coefficient (Wildman–Crippen LogP) is 4.33. The van der Waals surface area contributed by atoms with Crippen molar-refractivity contribution >= 4 is 15.9 Å². The fraction of sp³-hybridized carbons (Fsp3) is 0.538. The van der Waals surface area contributed by atoms with Gasteiger partial charge in [0.15, 0.2) is 0 Å². The summed E-state index contributed by atoms with van der Waals surface area (Å²) in [6.45, 7) is 6.06. The van der Waals surface area contributed by atoms with Gasteiger partial charge < -0.3 is 5.73 Å². The van der Waals surface area contributed by atoms with Crippen LogP contribution in [0, 0.1) is 18.7 Å². The van der Waals surface area contributed by atoms with Crippen LogP contribution in [0.2, 0.25) is 0 Å². The van der Waals surface area contributed by atoms with Crippen LogP contribution in [-0.2, 0) is 0 Å². The van der Waals surface area contributed by atoms with Crippen LogP contribution in [0.3, 0.4) is 0 Å². The normalized spacial score (nSPS) is 13.2. The molecule has 90 valence electrons. The molecule has 0 spiro atoms. The highest BCUT2D eigenvalue weighted by atomic mass is 79.9. The summed E-state index contributed by atoms with van der Waals surface area (Å²) in [7, 11) is 0. The van der Waals surface area contributed by atoms with Gasteiger partial charge in [-0.3, -0.25) is 0 Å². The van der Waals surface area contributed by atoms with Gasteiger partial charge in [-0.2, -0.15) is 0 Å². The summed E-state index contributed by atoms with van der Waals surface area (Å²) in [6, 6.07) is 3.35. The number of nitrogens with two attached hydrogens (primary N) is 1. The molecule has 1 atom stereocenters. The summed E-state index contributed by atoms with van der Waals surface area (Å²) in [5, 5.41) is 0. The molecule has 16 heavy (non-hydrogen) atoms. The molecule has 0 aromatic heterocycles. The summed E-state index contributed by atoms with van der Waals surface area (Å²) >= 11 is 3.37. The molecule has 0 saturated carbocycles. The maximum atomic E-state index is 13.9. The quantitative estimate of drug-likeness (QED) is 0.876. The van der Waals surface area contributed by atoms with Crippen LogP contribution in [0.15, 0.2) is 16.6 Å². The molecular formula is C13H19BrFN. The highest BCUT2D eigenvalue weighted by Gasteiger charge is 2.14. The summed E-state index contributed by atoms with van der Waals surface area (Å²) in [6.07, 6.45) is 1.84. The molecule has 0 fully saturated rings. The van der Waals surface area contributed by atoms with E-state index in [9.17, 15) is 4.39 Å². The van der Waals surface area contributed by atoms with E-state index < -0.39 is 0 Å². The van der Waals surface area contributed by atoms with Crippen LogP contribution in [0.1, 0.15) is 43.9 Å². The molecule has 0 unspecified atom stereocenters. The minimum absolute atomic E-state index is 0.167. The standard InChI is InChI=1S/C13H19BrFN/c1-8(2)4-5-12(16)11-7-10(14)6-9(3)13(11)15/h6-8,12H,4-5,16H2,1-3H3/t12-/m1/s1. The van der Waals surface area contributed by atoms with Gasteiger partial charge in [0.2, 0.25) is 0 Å². The van der Waals surface area contributed by atoms with Gasteiger partial charge in [-0.1, -0.05) is 29.8 Å². The topological polar surface area (TPSA) is 26.0 Å². The van der Waals surface area contributed by atoms with Gasteiger partial charge in [0.1, 0.15) is 5.82 Å². The third-order valence-electron chi connectivity index (χ3n) is 2.70. The molecule has 0 bridgehead atoms. The molecule has 2 N–H and O–H groups in total. The second kappa shape index (κ2) is 5.78. The Morgan fingerprint density at radius 2 is 1.94 bits per heavy atom. The molecule has 1 aromatic rings. The van der Waals surface area contributed by atoms with E-state index in [2.05, 4.69) is 29.8 Å². The summed E-state index contributed by atoms with van der Waals surface area (Å²) < 4.78 is 14.7. The lowest BCUT2D eigenvalue weighted by molar-refractivity contribution is 0.489. The van der Waals surface area contributed by atoms with E-state index in [1.165, 1.54) is 0 Å². The first-order chi connectivity index (χ1) is 7.41. The largest absolute Gasteiger partial charge is 0.324 e. The van der Waals surface area contributed by atoms with Crippen molar-refractivity contribution in [1.29, 1.82) is 0 Å². The zero-order valence-corrected chi connectivity index (χ0v) is 11.6. The van der Waals surface area contributed by atoms with E-state index in [1.54, 1.807) is 19.1 Å². The van der Waals surface area contributed by atoms with Crippen LogP contribution in [0.4, 0.5) is 4.39 Å². The first kappa shape index (κ1) is 13.7. The molecular weight excluding hydrogens is 269 g/mol. The molecule has 0 heterocycles. The monoisotopic (exact) mass is 287 g/mol. The predicted molar refractivity (Wildman–Crippen MR) is 69.8 cm³/mol. The van der Waals surface area contributed by atoms with Gasteiger partial charge in [-0.25, -0.2) is 4.39 Å². The summed E-state index contributed by atoms with van der Waals surface area (Å²) in [5.74, 6) is 0.432. The Morgan fingerprint density at radius 3 is 2.50 bits per heavy atom. The third-order valence-corrected chi connectivity index (χ3v) is 3.16. The van der Waals surface area contributed by atoms with Crippen molar-refractivity contribution in [3.63, 3.8) is 0 Å². The van der Waals surface area contributed by atoms with Gasteiger partial charge in [-0.15, -0.1) is 0 Å². The molecule has 0 aliphatic rings. The van der Waals surface area contributed by atoms with Crippen molar-refractivity contribution in [2.24, 2.45) is 11.7 Å². The molecule has 0 aliphatic heterocycles. The van der Waals surface area contributed by atoms with E-state index in [1.807, 2.05) is 0 Å². The first-order valence-electron chi connectivity index (χ1n) is 5.63. The number of benzene rings is 1. The average Bonchev–Trinajstić information content (AvgIpc) is 2.19. The summed E-state index contributed by atoms with van der Waals surface area (Å²) in [4.78, 5) is 0. The Kier molecular flexibility index (Phi) is 4.93. The van der Waals surface area contributed by atoms with Gasteiger partial charge in [0, 0.05) is 16.1 Å². The Bertz CT molecular complexity index is 363. The van der Waals surface area contributed by atoms with Crippen LogP contribution in [-0.4, -0.2) is 0 Å². The number of rotatable bonds is 4. The lowest BCUT2D eigenvalue weighted by atomic mass is 9.97. The van der Waals surface area contributed by atoms with Crippen LogP contribution in [0.25, 0.3) is 0 Å². The average molecular weight is 288 g/mol. The van der Waals surface area contributed by atoms with Gasteiger partial charge in [0.05, 0.1) is 0 Å². The number of hydrogen-bond acceptors (Lipinski definition) is 1. The Labute approximate surface area is 105 Å². The third kappa shape index (κ3) is 3.56. The van der Waals surface area contributed by atoms with Gasteiger partial charge >= 0.3 is 0 Å². The van der Waals surface area contributed by atoms with Gasteiger partial charge in [0.25, 0.3) is 0 Å². The minimum Gasteiger partial charge on any atom is -0.324 e. The fourth-order valence-corrected chi connectivity index (χ4v) is 2.28. The van der Waals surface area contributed by atoms with Crippen molar-refractivity contribution < 1.29 is 4.39 Å². The molecule has 1 nitrogen and oxygen atoms in total. The lowest BCUT2D eigenvalue weighted by Crippen LogP contribution is -2.13. The van der Waals surface area contributed by atoms with Crippen LogP contribution >= 0.6 is 15.9 Å².